The van der Waals surface area contributed by atoms with Crippen molar-refractivity contribution in [2.45, 2.75) is 36.2 Å². The second kappa shape index (κ2) is 7.34. The molecule has 2 saturated heterocycles. The van der Waals surface area contributed by atoms with Crippen molar-refractivity contribution in [3.05, 3.63) is 29.3 Å². The largest absolute Gasteiger partial charge is 0.465 e. The molecule has 8 nitrogen and oxygen atoms in total. The molecule has 2 aliphatic heterocycles. The van der Waals surface area contributed by atoms with Gasteiger partial charge in [0.2, 0.25) is 10.0 Å². The lowest BCUT2D eigenvalue weighted by molar-refractivity contribution is 0.0598. The molecule has 1 N–H and O–H groups in total. The lowest BCUT2D eigenvalue weighted by atomic mass is 10.1. The normalized spacial score (nSPS) is 23.3. The highest BCUT2D eigenvalue weighted by molar-refractivity contribution is 7.89. The van der Waals surface area contributed by atoms with Gasteiger partial charge in [-0.05, 0) is 37.5 Å². The molecule has 2 fully saturated rings. The zero-order valence-electron chi connectivity index (χ0n) is 14.7. The van der Waals surface area contributed by atoms with E-state index in [1.165, 1.54) is 36.7 Å². The number of methoxy groups -OCH3 is 2. The van der Waals surface area contributed by atoms with Crippen LogP contribution in [0.25, 0.3) is 0 Å². The highest BCUT2D eigenvalue weighted by Gasteiger charge is 2.35. The number of hydrogen-bond donors (Lipinski definition) is 1. The van der Waals surface area contributed by atoms with E-state index >= 15 is 0 Å². The smallest absolute Gasteiger partial charge is 0.337 e. The molecule has 2 aliphatic rings. The highest BCUT2D eigenvalue weighted by Crippen LogP contribution is 2.26. The van der Waals surface area contributed by atoms with E-state index in [-0.39, 0.29) is 22.1 Å². The summed E-state index contributed by atoms with van der Waals surface area (Å²) in [6, 6.07) is 4.21. The molecule has 0 aromatic heterocycles. The van der Waals surface area contributed by atoms with E-state index < -0.39 is 22.0 Å². The van der Waals surface area contributed by atoms with E-state index in [9.17, 15) is 18.0 Å². The summed E-state index contributed by atoms with van der Waals surface area (Å²) in [5, 5.41) is 3.43. The van der Waals surface area contributed by atoms with Crippen molar-refractivity contribution >= 4 is 22.0 Å². The van der Waals surface area contributed by atoms with Crippen LogP contribution in [0.1, 0.15) is 40.0 Å². The molecule has 26 heavy (non-hydrogen) atoms. The number of sulfonamides is 1. The average Bonchev–Trinajstić information content (AvgIpc) is 2.97. The number of rotatable bonds is 4. The molecule has 0 aliphatic carbocycles. The molecule has 1 aromatic rings. The molecule has 9 heteroatoms. The maximum absolute atomic E-state index is 13.1. The minimum absolute atomic E-state index is 0.0107. The second-order valence-corrected chi connectivity index (χ2v) is 8.46. The first-order valence-corrected chi connectivity index (χ1v) is 9.87. The first kappa shape index (κ1) is 18.8. The van der Waals surface area contributed by atoms with Gasteiger partial charge in [0.1, 0.15) is 0 Å². The van der Waals surface area contributed by atoms with Gasteiger partial charge in [-0.1, -0.05) is 0 Å². The minimum atomic E-state index is -3.86. The summed E-state index contributed by atoms with van der Waals surface area (Å²) in [6.45, 7) is 0.765. The fourth-order valence-electron chi connectivity index (χ4n) is 3.50. The predicted molar refractivity (Wildman–Crippen MR) is 92.4 cm³/mol. The van der Waals surface area contributed by atoms with Crippen molar-refractivity contribution in [2.75, 3.05) is 27.3 Å². The molecule has 2 heterocycles. The Bertz CT molecular complexity index is 788. The van der Waals surface area contributed by atoms with E-state index in [0.717, 1.165) is 19.3 Å². The van der Waals surface area contributed by atoms with Gasteiger partial charge in [0.05, 0.1) is 30.2 Å². The summed E-state index contributed by atoms with van der Waals surface area (Å²) < 4.78 is 37.0. The zero-order valence-corrected chi connectivity index (χ0v) is 15.5. The number of nitrogens with zero attached hydrogens (tertiary/aromatic N) is 1. The summed E-state index contributed by atoms with van der Waals surface area (Å²) in [4.78, 5) is 23.7. The van der Waals surface area contributed by atoms with Crippen LogP contribution in [-0.2, 0) is 19.5 Å². The van der Waals surface area contributed by atoms with Crippen LogP contribution in [0.5, 0.6) is 0 Å². The molecule has 0 amide bonds. The summed E-state index contributed by atoms with van der Waals surface area (Å²) in [7, 11) is -1.47. The second-order valence-electron chi connectivity index (χ2n) is 6.52. The molecule has 2 bridgehead atoms. The summed E-state index contributed by atoms with van der Waals surface area (Å²) in [5.41, 5.74) is -0.0214. The number of nitrogens with one attached hydrogen (secondary N) is 1. The van der Waals surface area contributed by atoms with Crippen LogP contribution in [0, 0.1) is 0 Å². The van der Waals surface area contributed by atoms with Gasteiger partial charge in [-0.15, -0.1) is 0 Å². The van der Waals surface area contributed by atoms with Crippen LogP contribution in [0.3, 0.4) is 0 Å². The van der Waals surface area contributed by atoms with Gasteiger partial charge < -0.3 is 14.8 Å². The standard InChI is InChI=1S/C17H22N2O6S/c1-24-16(20)11-7-12(17(21)25-2)9-15(8-11)26(22,23)19-6-5-13-3-4-14(10-19)18-13/h7-9,13-14,18H,3-6,10H2,1-2H3. The van der Waals surface area contributed by atoms with Crippen LogP contribution in [-0.4, -0.2) is 64.1 Å². The molecule has 2 atom stereocenters. The number of carbonyl (C=O) groups excluding carboxylic acids is 2. The Morgan fingerprint density at radius 2 is 1.58 bits per heavy atom. The lowest BCUT2D eigenvalue weighted by Crippen LogP contribution is -2.39. The molecular weight excluding hydrogens is 360 g/mol. The average molecular weight is 382 g/mol. The molecule has 0 radical (unpaired) electrons. The van der Waals surface area contributed by atoms with E-state index in [2.05, 4.69) is 14.8 Å². The van der Waals surface area contributed by atoms with Crippen molar-refractivity contribution in [3.8, 4) is 0 Å². The summed E-state index contributed by atoms with van der Waals surface area (Å²) in [5.74, 6) is -1.44. The Morgan fingerprint density at radius 1 is 1.00 bits per heavy atom. The van der Waals surface area contributed by atoms with Crippen LogP contribution < -0.4 is 5.32 Å². The number of ether oxygens (including phenoxy) is 2. The van der Waals surface area contributed by atoms with Gasteiger partial charge >= 0.3 is 11.9 Å². The maximum Gasteiger partial charge on any atom is 0.337 e. The van der Waals surface area contributed by atoms with Gasteiger partial charge in [-0.3, -0.25) is 0 Å². The van der Waals surface area contributed by atoms with E-state index in [0.29, 0.717) is 19.1 Å². The Balaban J connectivity index is 2.00. The Labute approximate surface area is 152 Å². The van der Waals surface area contributed by atoms with E-state index in [1.54, 1.807) is 0 Å². The van der Waals surface area contributed by atoms with Gasteiger partial charge in [0.25, 0.3) is 0 Å². The van der Waals surface area contributed by atoms with Crippen molar-refractivity contribution < 1.29 is 27.5 Å². The van der Waals surface area contributed by atoms with Crippen LogP contribution in [0.15, 0.2) is 23.1 Å². The fraction of sp³-hybridized carbons (Fsp3) is 0.529. The highest BCUT2D eigenvalue weighted by atomic mass is 32.2. The van der Waals surface area contributed by atoms with E-state index in [4.69, 9.17) is 0 Å². The van der Waals surface area contributed by atoms with Crippen LogP contribution in [0.2, 0.25) is 0 Å². The summed E-state index contributed by atoms with van der Waals surface area (Å²) in [6.07, 6.45) is 2.73. The summed E-state index contributed by atoms with van der Waals surface area (Å²) >= 11 is 0. The van der Waals surface area contributed by atoms with Gasteiger partial charge in [-0.25, -0.2) is 18.0 Å². The fourth-order valence-corrected chi connectivity index (χ4v) is 5.07. The maximum atomic E-state index is 13.1. The third-order valence-electron chi connectivity index (χ3n) is 4.87. The van der Waals surface area contributed by atoms with Crippen molar-refractivity contribution in [3.63, 3.8) is 0 Å². The zero-order chi connectivity index (χ0) is 18.9. The molecule has 2 unspecified atom stereocenters. The lowest BCUT2D eigenvalue weighted by Gasteiger charge is -2.24. The number of carbonyl (C=O) groups is 2. The van der Waals surface area contributed by atoms with Crippen molar-refractivity contribution in [1.82, 2.24) is 9.62 Å². The molecule has 1 aromatic carbocycles. The first-order chi connectivity index (χ1) is 12.3. The monoisotopic (exact) mass is 382 g/mol. The third kappa shape index (κ3) is 3.60. The Kier molecular flexibility index (Phi) is 5.31. The predicted octanol–water partition coefficient (Wildman–Crippen LogP) is 0.775. The molecule has 0 spiro atoms. The number of benzene rings is 1. The minimum Gasteiger partial charge on any atom is -0.465 e. The van der Waals surface area contributed by atoms with Crippen molar-refractivity contribution in [2.24, 2.45) is 0 Å². The first-order valence-electron chi connectivity index (χ1n) is 8.43. The Hall–Kier alpha value is -1.97. The van der Waals surface area contributed by atoms with Crippen molar-refractivity contribution in [1.29, 1.82) is 0 Å². The number of hydrogen-bond acceptors (Lipinski definition) is 7. The molecule has 3 rings (SSSR count). The molecule has 0 saturated carbocycles. The van der Waals surface area contributed by atoms with Gasteiger partial charge in [0, 0.05) is 25.2 Å². The topological polar surface area (TPSA) is 102 Å². The third-order valence-corrected chi connectivity index (χ3v) is 6.72. The van der Waals surface area contributed by atoms with Crippen LogP contribution in [0.4, 0.5) is 0 Å². The quantitative estimate of drug-likeness (QED) is 0.768. The number of esters is 2. The number of fused-ring (bicyclic) bond motifs is 2. The Morgan fingerprint density at radius 3 is 2.15 bits per heavy atom. The molecular formula is C17H22N2O6S. The van der Waals surface area contributed by atoms with Crippen LogP contribution >= 0.6 is 0 Å². The van der Waals surface area contributed by atoms with Gasteiger partial charge in [0.15, 0.2) is 0 Å². The molecule has 142 valence electrons. The van der Waals surface area contributed by atoms with Gasteiger partial charge in [-0.2, -0.15) is 4.31 Å². The SMILES string of the molecule is COC(=O)c1cc(C(=O)OC)cc(S(=O)(=O)N2CCC3CCC(C2)N3)c1. The van der Waals surface area contributed by atoms with E-state index in [1.807, 2.05) is 0 Å².